The Balaban J connectivity index is 2.89. The van der Waals surface area contributed by atoms with Crippen LogP contribution >= 0.6 is 9.24 Å². The van der Waals surface area contributed by atoms with Crippen molar-refractivity contribution in [2.75, 3.05) is 0 Å². The van der Waals surface area contributed by atoms with Gasteiger partial charge in [-0.1, -0.05) is 18.2 Å². The van der Waals surface area contributed by atoms with Gasteiger partial charge in [-0.25, -0.2) is 0 Å². The Morgan fingerprint density at radius 3 is 2.40 bits per heavy atom. The maximum absolute atomic E-state index is 8.58. The van der Waals surface area contributed by atoms with Gasteiger partial charge in [0.2, 0.25) is 0 Å². The number of nitrogens with zero attached hydrogens (tertiary/aromatic N) is 2. The molecule has 1 unspecified atom stereocenters. The van der Waals surface area contributed by atoms with Crippen molar-refractivity contribution < 1.29 is 0 Å². The van der Waals surface area contributed by atoms with E-state index in [0.29, 0.717) is 12.8 Å². The van der Waals surface area contributed by atoms with E-state index < -0.39 is 0 Å². The first-order valence-electron chi connectivity index (χ1n) is 4.89. The van der Waals surface area contributed by atoms with Gasteiger partial charge in [0.05, 0.1) is 12.1 Å². The number of hydrogen-bond acceptors (Lipinski definition) is 2. The first-order chi connectivity index (χ1) is 7.29. The van der Waals surface area contributed by atoms with Crippen LogP contribution in [0.1, 0.15) is 24.0 Å². The number of nitriles is 2. The van der Waals surface area contributed by atoms with Gasteiger partial charge in [-0.2, -0.15) is 10.5 Å². The molecule has 76 valence electrons. The fourth-order valence-electron chi connectivity index (χ4n) is 1.57. The highest BCUT2D eigenvalue weighted by Gasteiger charge is 2.04. The van der Waals surface area contributed by atoms with Crippen LogP contribution in [0.4, 0.5) is 0 Å². The number of benzene rings is 1. The molecular weight excluding hydrogens is 203 g/mol. The van der Waals surface area contributed by atoms with Crippen LogP contribution in [0.2, 0.25) is 0 Å². The van der Waals surface area contributed by atoms with Gasteiger partial charge in [-0.05, 0) is 29.3 Å². The molecule has 0 aliphatic rings. The van der Waals surface area contributed by atoms with Gasteiger partial charge in [0.25, 0.3) is 0 Å². The van der Waals surface area contributed by atoms with Crippen LogP contribution in [0.3, 0.4) is 0 Å². The molecule has 0 bridgehead atoms. The molecule has 1 aromatic rings. The summed E-state index contributed by atoms with van der Waals surface area (Å²) in [4.78, 5) is 0. The molecule has 0 aliphatic heterocycles. The van der Waals surface area contributed by atoms with E-state index in [4.69, 9.17) is 10.5 Å². The standard InChI is InChI=1S/C12H13N2P/c13-8-2-5-10-4-1-7-12(15)11(10)6-3-9-14/h1,4,7H,2-3,5-6,15H2. The summed E-state index contributed by atoms with van der Waals surface area (Å²) in [6, 6.07) is 10.4. The Labute approximate surface area is 92.7 Å². The smallest absolute Gasteiger partial charge is 0.0625 e. The molecule has 0 saturated carbocycles. The van der Waals surface area contributed by atoms with Crippen LogP contribution in [0.15, 0.2) is 18.2 Å². The van der Waals surface area contributed by atoms with Gasteiger partial charge >= 0.3 is 0 Å². The van der Waals surface area contributed by atoms with Crippen molar-refractivity contribution in [3.63, 3.8) is 0 Å². The minimum Gasteiger partial charge on any atom is -0.198 e. The van der Waals surface area contributed by atoms with E-state index in [1.807, 2.05) is 18.2 Å². The summed E-state index contributed by atoms with van der Waals surface area (Å²) in [5, 5.41) is 18.3. The molecule has 1 rings (SSSR count). The van der Waals surface area contributed by atoms with Gasteiger partial charge in [0, 0.05) is 12.8 Å². The van der Waals surface area contributed by atoms with Crippen molar-refractivity contribution in [2.24, 2.45) is 0 Å². The van der Waals surface area contributed by atoms with Gasteiger partial charge in [-0.15, -0.1) is 9.24 Å². The SMILES string of the molecule is N#CCCc1cccc(P)c1CCC#N. The monoisotopic (exact) mass is 216 g/mol. The molecular formula is C12H13N2P. The highest BCUT2D eigenvalue weighted by Crippen LogP contribution is 2.13. The van der Waals surface area contributed by atoms with E-state index in [2.05, 4.69) is 21.4 Å². The third-order valence-corrected chi connectivity index (χ3v) is 2.84. The Bertz CT molecular complexity index is 413. The maximum atomic E-state index is 8.58. The first kappa shape index (κ1) is 11.7. The summed E-state index contributed by atoms with van der Waals surface area (Å²) in [6.45, 7) is 0. The summed E-state index contributed by atoms with van der Waals surface area (Å²) in [5.41, 5.74) is 2.40. The summed E-state index contributed by atoms with van der Waals surface area (Å²) in [6.07, 6.45) is 2.62. The van der Waals surface area contributed by atoms with Crippen LogP contribution in [-0.2, 0) is 12.8 Å². The molecule has 0 amide bonds. The molecule has 0 saturated heterocycles. The molecule has 3 heteroatoms. The third kappa shape index (κ3) is 3.35. The molecule has 0 N–H and O–H groups in total. The minimum atomic E-state index is 0.533. The van der Waals surface area contributed by atoms with E-state index in [0.717, 1.165) is 18.1 Å². The van der Waals surface area contributed by atoms with Crippen LogP contribution < -0.4 is 5.30 Å². The van der Waals surface area contributed by atoms with Crippen molar-refractivity contribution in [3.05, 3.63) is 29.3 Å². The number of aryl methyl sites for hydroxylation is 1. The lowest BCUT2D eigenvalue weighted by molar-refractivity contribution is 0.942. The zero-order valence-electron chi connectivity index (χ0n) is 8.53. The number of hydrogen-bond donors (Lipinski definition) is 0. The molecule has 0 aliphatic carbocycles. The quantitative estimate of drug-likeness (QED) is 0.723. The average molecular weight is 216 g/mol. The molecule has 0 heterocycles. The summed E-state index contributed by atoms with van der Waals surface area (Å²) >= 11 is 0. The lowest BCUT2D eigenvalue weighted by Crippen LogP contribution is -2.06. The third-order valence-electron chi connectivity index (χ3n) is 2.30. The zero-order valence-corrected chi connectivity index (χ0v) is 9.69. The lowest BCUT2D eigenvalue weighted by Gasteiger charge is -2.09. The van der Waals surface area contributed by atoms with Crippen molar-refractivity contribution in [2.45, 2.75) is 25.7 Å². The summed E-state index contributed by atoms with van der Waals surface area (Å²) in [7, 11) is 2.69. The zero-order chi connectivity index (χ0) is 11.1. The normalized spacial score (nSPS) is 9.27. The van der Waals surface area contributed by atoms with E-state index in [1.165, 1.54) is 11.1 Å². The molecule has 0 fully saturated rings. The van der Waals surface area contributed by atoms with Crippen LogP contribution in [0.5, 0.6) is 0 Å². The highest BCUT2D eigenvalue weighted by molar-refractivity contribution is 7.27. The van der Waals surface area contributed by atoms with Crippen molar-refractivity contribution in [1.29, 1.82) is 10.5 Å². The number of rotatable bonds is 4. The molecule has 15 heavy (non-hydrogen) atoms. The second kappa shape index (κ2) is 6.18. The summed E-state index contributed by atoms with van der Waals surface area (Å²) < 4.78 is 0. The predicted octanol–water partition coefficient (Wildman–Crippen LogP) is 2.10. The van der Waals surface area contributed by atoms with Crippen LogP contribution in [-0.4, -0.2) is 0 Å². The largest absolute Gasteiger partial charge is 0.198 e. The van der Waals surface area contributed by atoms with Crippen molar-refractivity contribution in [1.82, 2.24) is 0 Å². The lowest BCUT2D eigenvalue weighted by atomic mass is 9.99. The Hall–Kier alpha value is -1.37. The highest BCUT2D eigenvalue weighted by atomic mass is 31.0. The second-order valence-electron chi connectivity index (χ2n) is 3.30. The molecule has 0 spiro atoms. The topological polar surface area (TPSA) is 47.6 Å². The van der Waals surface area contributed by atoms with E-state index in [-0.39, 0.29) is 0 Å². The van der Waals surface area contributed by atoms with Crippen molar-refractivity contribution in [3.8, 4) is 12.1 Å². The molecule has 0 aromatic heterocycles. The van der Waals surface area contributed by atoms with E-state index in [1.54, 1.807) is 0 Å². The van der Waals surface area contributed by atoms with E-state index in [9.17, 15) is 0 Å². The minimum absolute atomic E-state index is 0.533. The Morgan fingerprint density at radius 1 is 1.07 bits per heavy atom. The molecule has 1 atom stereocenters. The second-order valence-corrected chi connectivity index (χ2v) is 3.92. The van der Waals surface area contributed by atoms with Crippen LogP contribution in [0.25, 0.3) is 0 Å². The first-order valence-corrected chi connectivity index (χ1v) is 5.47. The summed E-state index contributed by atoms with van der Waals surface area (Å²) in [5.74, 6) is 0. The Morgan fingerprint density at radius 2 is 1.73 bits per heavy atom. The predicted molar refractivity (Wildman–Crippen MR) is 63.7 cm³/mol. The van der Waals surface area contributed by atoms with E-state index >= 15 is 0 Å². The maximum Gasteiger partial charge on any atom is 0.0625 e. The average Bonchev–Trinajstić information content (AvgIpc) is 2.25. The van der Waals surface area contributed by atoms with Gasteiger partial charge in [-0.3, -0.25) is 0 Å². The fraction of sp³-hybridized carbons (Fsp3) is 0.333. The Kier molecular flexibility index (Phi) is 4.82. The van der Waals surface area contributed by atoms with Crippen LogP contribution in [0, 0.1) is 22.7 Å². The molecule has 1 aromatic carbocycles. The van der Waals surface area contributed by atoms with Crippen molar-refractivity contribution >= 4 is 14.5 Å². The molecule has 0 radical (unpaired) electrons. The van der Waals surface area contributed by atoms with Gasteiger partial charge < -0.3 is 0 Å². The van der Waals surface area contributed by atoms with Gasteiger partial charge in [0.1, 0.15) is 0 Å². The fourth-order valence-corrected chi connectivity index (χ4v) is 2.01. The molecule has 2 nitrogen and oxygen atoms in total. The van der Waals surface area contributed by atoms with Gasteiger partial charge in [0.15, 0.2) is 0 Å².